The quantitative estimate of drug-likeness (QED) is 0.911. The maximum absolute atomic E-state index is 3.91. The maximum atomic E-state index is 3.91. The van der Waals surface area contributed by atoms with Gasteiger partial charge in [-0.1, -0.05) is 57.0 Å². The molecule has 1 spiro atoms. The second-order valence-electron chi connectivity index (χ2n) is 7.39. The molecule has 1 aromatic carbocycles. The lowest BCUT2D eigenvalue weighted by Gasteiger charge is -2.48. The van der Waals surface area contributed by atoms with Gasteiger partial charge in [-0.25, -0.2) is 0 Å². The van der Waals surface area contributed by atoms with Crippen LogP contribution in [-0.4, -0.2) is 36.1 Å². The summed E-state index contributed by atoms with van der Waals surface area (Å²) in [6.07, 6.45) is 6.75. The van der Waals surface area contributed by atoms with Crippen LogP contribution < -0.4 is 5.32 Å². The highest BCUT2D eigenvalue weighted by atomic mass is 15.3. The van der Waals surface area contributed by atoms with Crippen LogP contribution in [-0.2, 0) is 6.42 Å². The van der Waals surface area contributed by atoms with Crippen LogP contribution in [0.4, 0.5) is 0 Å². The predicted octanol–water partition coefficient (Wildman–Crippen LogP) is 3.47. The Hall–Kier alpha value is -0.860. The molecular formula is C19H30N2. The Morgan fingerprint density at radius 3 is 2.57 bits per heavy atom. The molecule has 0 aromatic heterocycles. The minimum Gasteiger partial charge on any atom is -0.308 e. The normalized spacial score (nSPS) is 25.8. The molecule has 1 aromatic rings. The van der Waals surface area contributed by atoms with E-state index in [1.807, 2.05) is 0 Å². The molecule has 116 valence electrons. The molecule has 1 saturated carbocycles. The fourth-order valence-electron chi connectivity index (χ4n) is 4.22. The average molecular weight is 286 g/mol. The molecular weight excluding hydrogens is 256 g/mol. The van der Waals surface area contributed by atoms with Crippen molar-refractivity contribution in [1.29, 1.82) is 0 Å². The molecule has 1 aliphatic carbocycles. The molecule has 1 unspecified atom stereocenters. The van der Waals surface area contributed by atoms with Gasteiger partial charge >= 0.3 is 0 Å². The van der Waals surface area contributed by atoms with Gasteiger partial charge in [-0.3, -0.25) is 4.90 Å². The summed E-state index contributed by atoms with van der Waals surface area (Å²) >= 11 is 0. The molecule has 2 aliphatic rings. The van der Waals surface area contributed by atoms with Crippen molar-refractivity contribution in [3.05, 3.63) is 35.9 Å². The topological polar surface area (TPSA) is 15.3 Å². The summed E-state index contributed by atoms with van der Waals surface area (Å²) in [5.74, 6) is 0.729. The number of hydrogen-bond acceptors (Lipinski definition) is 2. The lowest BCUT2D eigenvalue weighted by atomic mass is 9.89. The number of nitrogens with one attached hydrogen (secondary N) is 1. The molecule has 1 atom stereocenters. The first-order valence-corrected chi connectivity index (χ1v) is 8.72. The van der Waals surface area contributed by atoms with Gasteiger partial charge in [0, 0.05) is 31.2 Å². The summed E-state index contributed by atoms with van der Waals surface area (Å²) in [4.78, 5) is 2.78. The fourth-order valence-corrected chi connectivity index (χ4v) is 4.22. The zero-order chi connectivity index (χ0) is 14.7. The highest BCUT2D eigenvalue weighted by Crippen LogP contribution is 2.34. The van der Waals surface area contributed by atoms with Crippen LogP contribution >= 0.6 is 0 Å². The van der Waals surface area contributed by atoms with Crippen molar-refractivity contribution in [3.63, 3.8) is 0 Å². The summed E-state index contributed by atoms with van der Waals surface area (Å²) in [6.45, 7) is 8.37. The van der Waals surface area contributed by atoms with Gasteiger partial charge in [-0.15, -0.1) is 0 Å². The summed E-state index contributed by atoms with van der Waals surface area (Å²) < 4.78 is 0. The third-order valence-corrected chi connectivity index (χ3v) is 5.52. The van der Waals surface area contributed by atoms with Gasteiger partial charge in [0.1, 0.15) is 0 Å². The van der Waals surface area contributed by atoms with E-state index in [1.54, 1.807) is 0 Å². The zero-order valence-electron chi connectivity index (χ0n) is 13.6. The van der Waals surface area contributed by atoms with E-state index in [9.17, 15) is 0 Å². The Morgan fingerprint density at radius 1 is 1.19 bits per heavy atom. The van der Waals surface area contributed by atoms with Crippen molar-refractivity contribution in [2.45, 2.75) is 57.5 Å². The Morgan fingerprint density at radius 2 is 1.90 bits per heavy atom. The van der Waals surface area contributed by atoms with Crippen molar-refractivity contribution in [2.24, 2.45) is 5.92 Å². The van der Waals surface area contributed by atoms with E-state index in [2.05, 4.69) is 54.4 Å². The Bertz CT molecular complexity index is 434. The third kappa shape index (κ3) is 3.49. The number of rotatable bonds is 4. The number of benzene rings is 1. The molecule has 2 fully saturated rings. The van der Waals surface area contributed by atoms with Crippen LogP contribution in [0, 0.1) is 5.92 Å². The Kier molecular flexibility index (Phi) is 4.66. The second kappa shape index (κ2) is 6.50. The summed E-state index contributed by atoms with van der Waals surface area (Å²) in [7, 11) is 0. The van der Waals surface area contributed by atoms with E-state index in [0.29, 0.717) is 11.6 Å². The van der Waals surface area contributed by atoms with Gasteiger partial charge in [0.25, 0.3) is 0 Å². The molecule has 1 aliphatic heterocycles. The predicted molar refractivity (Wildman–Crippen MR) is 89.5 cm³/mol. The molecule has 1 N–H and O–H groups in total. The average Bonchev–Trinajstić information content (AvgIpc) is 2.94. The zero-order valence-corrected chi connectivity index (χ0v) is 13.6. The first-order valence-electron chi connectivity index (χ1n) is 8.72. The van der Waals surface area contributed by atoms with Gasteiger partial charge < -0.3 is 5.32 Å². The van der Waals surface area contributed by atoms with E-state index in [1.165, 1.54) is 57.3 Å². The van der Waals surface area contributed by atoms with Crippen LogP contribution in [0.5, 0.6) is 0 Å². The van der Waals surface area contributed by atoms with Crippen molar-refractivity contribution < 1.29 is 0 Å². The molecule has 0 radical (unpaired) electrons. The third-order valence-electron chi connectivity index (χ3n) is 5.52. The molecule has 2 nitrogen and oxygen atoms in total. The van der Waals surface area contributed by atoms with Gasteiger partial charge in [0.05, 0.1) is 0 Å². The Labute approximate surface area is 129 Å². The Balaban J connectivity index is 1.65. The van der Waals surface area contributed by atoms with Crippen molar-refractivity contribution in [1.82, 2.24) is 10.2 Å². The SMILES string of the molecule is CC(C)C1CNC2(CCCC2)CN1CCc1ccccc1. The molecule has 3 rings (SSSR count). The lowest BCUT2D eigenvalue weighted by molar-refractivity contribution is 0.0580. The summed E-state index contributed by atoms with van der Waals surface area (Å²) in [5, 5.41) is 3.91. The summed E-state index contributed by atoms with van der Waals surface area (Å²) in [6, 6.07) is 11.6. The first kappa shape index (κ1) is 15.1. The molecule has 2 heteroatoms. The van der Waals surface area contributed by atoms with Crippen LogP contribution in [0.2, 0.25) is 0 Å². The molecule has 1 heterocycles. The first-order chi connectivity index (χ1) is 10.2. The van der Waals surface area contributed by atoms with Gasteiger partial charge in [-0.2, -0.15) is 0 Å². The highest BCUT2D eigenvalue weighted by molar-refractivity contribution is 5.15. The highest BCUT2D eigenvalue weighted by Gasteiger charge is 2.41. The van der Waals surface area contributed by atoms with Gasteiger partial charge in [0.15, 0.2) is 0 Å². The number of hydrogen-bond donors (Lipinski definition) is 1. The fraction of sp³-hybridized carbons (Fsp3) is 0.684. The minimum absolute atomic E-state index is 0.433. The van der Waals surface area contributed by atoms with Crippen molar-refractivity contribution >= 4 is 0 Å². The van der Waals surface area contributed by atoms with Crippen LogP contribution in [0.15, 0.2) is 30.3 Å². The summed E-state index contributed by atoms with van der Waals surface area (Å²) in [5.41, 5.74) is 1.90. The van der Waals surface area contributed by atoms with E-state index in [4.69, 9.17) is 0 Å². The molecule has 1 saturated heterocycles. The monoisotopic (exact) mass is 286 g/mol. The smallest absolute Gasteiger partial charge is 0.0309 e. The standard InChI is InChI=1S/C19H30N2/c1-16(2)18-14-20-19(11-6-7-12-19)15-21(18)13-10-17-8-4-3-5-9-17/h3-5,8-9,16,18,20H,6-7,10-15H2,1-2H3. The molecule has 0 amide bonds. The molecule has 21 heavy (non-hydrogen) atoms. The number of piperazine rings is 1. The van der Waals surface area contributed by atoms with Gasteiger partial charge in [-0.05, 0) is 30.7 Å². The van der Waals surface area contributed by atoms with Crippen LogP contribution in [0.1, 0.15) is 45.1 Å². The van der Waals surface area contributed by atoms with Gasteiger partial charge in [0.2, 0.25) is 0 Å². The van der Waals surface area contributed by atoms with E-state index < -0.39 is 0 Å². The van der Waals surface area contributed by atoms with Crippen molar-refractivity contribution in [3.8, 4) is 0 Å². The van der Waals surface area contributed by atoms with E-state index >= 15 is 0 Å². The van der Waals surface area contributed by atoms with E-state index in [0.717, 1.165) is 5.92 Å². The number of nitrogens with zero attached hydrogens (tertiary/aromatic N) is 1. The van der Waals surface area contributed by atoms with Crippen molar-refractivity contribution in [2.75, 3.05) is 19.6 Å². The van der Waals surface area contributed by atoms with Crippen LogP contribution in [0.3, 0.4) is 0 Å². The minimum atomic E-state index is 0.433. The maximum Gasteiger partial charge on any atom is 0.0309 e. The molecule has 0 bridgehead atoms. The van der Waals surface area contributed by atoms with E-state index in [-0.39, 0.29) is 0 Å². The van der Waals surface area contributed by atoms with Crippen LogP contribution in [0.25, 0.3) is 0 Å². The lowest BCUT2D eigenvalue weighted by Crippen LogP contribution is -2.64. The largest absolute Gasteiger partial charge is 0.308 e. The second-order valence-corrected chi connectivity index (χ2v) is 7.39.